The van der Waals surface area contributed by atoms with E-state index >= 15 is 0 Å². The summed E-state index contributed by atoms with van der Waals surface area (Å²) in [4.78, 5) is 13.2. The number of carbonyl (C=O) groups excluding carboxylic acids is 1. The molecule has 0 bridgehead atoms. The van der Waals surface area contributed by atoms with Crippen molar-refractivity contribution >= 4 is 5.91 Å². The van der Waals surface area contributed by atoms with Gasteiger partial charge < -0.3 is 15.0 Å². The van der Waals surface area contributed by atoms with E-state index in [0.29, 0.717) is 6.54 Å². The number of aromatic nitrogens is 2. The number of likely N-dealkylation sites (N-methyl/N-ethyl adjacent to an activating group) is 1. The topological polar surface area (TPSA) is 59.4 Å². The lowest BCUT2D eigenvalue weighted by Crippen LogP contribution is -2.33. The number of hydrogen-bond acceptors (Lipinski definition) is 4. The van der Waals surface area contributed by atoms with E-state index in [1.54, 1.807) is 20.3 Å². The zero-order chi connectivity index (χ0) is 17.5. The zero-order valence-corrected chi connectivity index (χ0v) is 14.8. The van der Waals surface area contributed by atoms with Crippen LogP contribution < -0.4 is 10.1 Å². The molecule has 0 fully saturated rings. The molecule has 1 aromatic heterocycles. The van der Waals surface area contributed by atoms with Crippen LogP contribution in [-0.2, 0) is 11.3 Å². The van der Waals surface area contributed by atoms with Crippen LogP contribution in [-0.4, -0.2) is 47.3 Å². The second-order valence-electron chi connectivity index (χ2n) is 6.08. The third kappa shape index (κ3) is 4.83. The summed E-state index contributed by atoms with van der Waals surface area (Å²) < 4.78 is 7.62. The number of ether oxygens (including phenoxy) is 1. The highest BCUT2D eigenvalue weighted by atomic mass is 16.5. The summed E-state index contributed by atoms with van der Waals surface area (Å²) in [7, 11) is 3.44. The van der Waals surface area contributed by atoms with Crippen molar-refractivity contribution in [2.75, 3.05) is 20.7 Å². The molecule has 0 spiro atoms. The van der Waals surface area contributed by atoms with Crippen LogP contribution in [0.1, 0.15) is 25.5 Å². The lowest BCUT2D eigenvalue weighted by atomic mass is 10.1. The van der Waals surface area contributed by atoms with E-state index in [4.69, 9.17) is 4.74 Å². The number of rotatable bonds is 8. The molecule has 6 heteroatoms. The van der Waals surface area contributed by atoms with Crippen LogP contribution in [0, 0.1) is 0 Å². The first-order valence-corrected chi connectivity index (χ1v) is 8.12. The van der Waals surface area contributed by atoms with E-state index in [1.165, 1.54) is 4.90 Å². The molecule has 1 aromatic carbocycles. The predicted molar refractivity (Wildman–Crippen MR) is 93.9 cm³/mol. The Bertz CT molecular complexity index is 640. The molecular weight excluding hydrogens is 304 g/mol. The van der Waals surface area contributed by atoms with E-state index in [0.717, 1.165) is 11.3 Å². The van der Waals surface area contributed by atoms with Crippen molar-refractivity contribution in [3.05, 3.63) is 48.3 Å². The molecule has 0 radical (unpaired) electrons. The van der Waals surface area contributed by atoms with Crippen molar-refractivity contribution < 1.29 is 9.53 Å². The van der Waals surface area contributed by atoms with Gasteiger partial charge in [-0.05, 0) is 26.0 Å². The molecule has 6 nitrogen and oxygen atoms in total. The number of carbonyl (C=O) groups is 1. The van der Waals surface area contributed by atoms with Crippen molar-refractivity contribution in [2.24, 2.45) is 0 Å². The molecule has 2 atom stereocenters. The van der Waals surface area contributed by atoms with Gasteiger partial charge in [-0.25, -0.2) is 0 Å². The fourth-order valence-electron chi connectivity index (χ4n) is 2.25. The maximum atomic E-state index is 11.7. The molecule has 1 heterocycles. The summed E-state index contributed by atoms with van der Waals surface area (Å²) in [6.07, 6.45) is 3.75. The van der Waals surface area contributed by atoms with E-state index < -0.39 is 0 Å². The SMILES string of the molecule is C[C@H]([C@@H](C)NCc1ccccc1OCC(=O)N(C)C)n1cccn1. The van der Waals surface area contributed by atoms with Crippen molar-refractivity contribution in [1.29, 1.82) is 0 Å². The van der Waals surface area contributed by atoms with Crippen LogP contribution in [0.15, 0.2) is 42.7 Å². The fourth-order valence-corrected chi connectivity index (χ4v) is 2.25. The van der Waals surface area contributed by atoms with Crippen molar-refractivity contribution in [1.82, 2.24) is 20.0 Å². The van der Waals surface area contributed by atoms with E-state index in [-0.39, 0.29) is 24.6 Å². The van der Waals surface area contributed by atoms with Gasteiger partial charge in [-0.15, -0.1) is 0 Å². The molecule has 0 saturated carbocycles. The molecule has 2 rings (SSSR count). The molecule has 0 aliphatic carbocycles. The molecule has 130 valence electrons. The van der Waals surface area contributed by atoms with Crippen LogP contribution in [0.25, 0.3) is 0 Å². The monoisotopic (exact) mass is 330 g/mol. The van der Waals surface area contributed by atoms with Crippen molar-refractivity contribution in [3.8, 4) is 5.75 Å². The Kier molecular flexibility index (Phi) is 6.37. The lowest BCUT2D eigenvalue weighted by Gasteiger charge is -2.22. The Labute approximate surface area is 143 Å². The van der Waals surface area contributed by atoms with Crippen molar-refractivity contribution in [3.63, 3.8) is 0 Å². The normalized spacial score (nSPS) is 13.3. The lowest BCUT2D eigenvalue weighted by molar-refractivity contribution is -0.130. The van der Waals surface area contributed by atoms with E-state index in [9.17, 15) is 4.79 Å². The van der Waals surface area contributed by atoms with Gasteiger partial charge in [0.15, 0.2) is 6.61 Å². The molecule has 24 heavy (non-hydrogen) atoms. The first-order chi connectivity index (χ1) is 11.5. The number of para-hydroxylation sites is 1. The minimum Gasteiger partial charge on any atom is -0.483 e. The Morgan fingerprint density at radius 1 is 1.29 bits per heavy atom. The number of nitrogens with zero attached hydrogens (tertiary/aromatic N) is 3. The average Bonchev–Trinajstić information content (AvgIpc) is 3.11. The molecule has 1 amide bonds. The van der Waals surface area contributed by atoms with Crippen LogP contribution in [0.5, 0.6) is 5.75 Å². The fraction of sp³-hybridized carbons (Fsp3) is 0.444. The van der Waals surface area contributed by atoms with E-state index in [2.05, 4.69) is 24.3 Å². The molecule has 1 N–H and O–H groups in total. The Morgan fingerprint density at radius 3 is 2.71 bits per heavy atom. The molecular formula is C18H26N4O2. The van der Waals surface area contributed by atoms with Crippen LogP contribution in [0.4, 0.5) is 0 Å². The molecule has 0 unspecified atom stereocenters. The zero-order valence-electron chi connectivity index (χ0n) is 14.8. The molecule has 2 aromatic rings. The third-order valence-corrected chi connectivity index (χ3v) is 4.10. The minimum atomic E-state index is -0.0570. The van der Waals surface area contributed by atoms with Crippen molar-refractivity contribution in [2.45, 2.75) is 32.5 Å². The Hall–Kier alpha value is -2.34. The van der Waals surface area contributed by atoms with E-state index in [1.807, 2.05) is 41.2 Å². The van der Waals surface area contributed by atoms with Gasteiger partial charge in [0.25, 0.3) is 5.91 Å². The maximum absolute atomic E-state index is 11.7. The van der Waals surface area contributed by atoms with Crippen LogP contribution in [0.2, 0.25) is 0 Å². The summed E-state index contributed by atoms with van der Waals surface area (Å²) >= 11 is 0. The minimum absolute atomic E-state index is 0.0449. The Balaban J connectivity index is 1.93. The highest BCUT2D eigenvalue weighted by Crippen LogP contribution is 2.19. The second kappa shape index (κ2) is 8.49. The highest BCUT2D eigenvalue weighted by Gasteiger charge is 2.15. The Morgan fingerprint density at radius 2 is 2.04 bits per heavy atom. The second-order valence-corrected chi connectivity index (χ2v) is 6.08. The number of hydrogen-bond donors (Lipinski definition) is 1. The first-order valence-electron chi connectivity index (χ1n) is 8.12. The van der Waals surface area contributed by atoms with Gasteiger partial charge in [-0.2, -0.15) is 5.10 Å². The highest BCUT2D eigenvalue weighted by molar-refractivity contribution is 5.77. The first kappa shape index (κ1) is 18.0. The number of benzene rings is 1. The molecule has 0 aliphatic rings. The van der Waals surface area contributed by atoms with Gasteiger partial charge in [0.05, 0.1) is 6.04 Å². The largest absolute Gasteiger partial charge is 0.483 e. The van der Waals surface area contributed by atoms with Gasteiger partial charge >= 0.3 is 0 Å². The third-order valence-electron chi connectivity index (χ3n) is 4.10. The van der Waals surface area contributed by atoms with Gasteiger partial charge in [-0.3, -0.25) is 9.48 Å². The summed E-state index contributed by atoms with van der Waals surface area (Å²) in [6, 6.07) is 10.2. The van der Waals surface area contributed by atoms with Gasteiger partial charge in [0, 0.05) is 44.6 Å². The summed E-state index contributed by atoms with van der Waals surface area (Å²) in [5, 5.41) is 7.79. The smallest absolute Gasteiger partial charge is 0.259 e. The standard InChI is InChI=1S/C18H26N4O2/c1-14(15(2)22-11-7-10-20-22)19-12-16-8-5-6-9-17(16)24-13-18(23)21(3)4/h5-11,14-15,19H,12-13H2,1-4H3/t14-,15-/m1/s1. The summed E-state index contributed by atoms with van der Waals surface area (Å²) in [5.74, 6) is 0.678. The quantitative estimate of drug-likeness (QED) is 0.805. The number of nitrogens with one attached hydrogen (secondary N) is 1. The molecule has 0 saturated heterocycles. The summed E-state index contributed by atoms with van der Waals surface area (Å²) in [5.41, 5.74) is 1.03. The van der Waals surface area contributed by atoms with Gasteiger partial charge in [0.2, 0.25) is 0 Å². The van der Waals surface area contributed by atoms with Gasteiger partial charge in [-0.1, -0.05) is 18.2 Å². The predicted octanol–water partition coefficient (Wildman–Crippen LogP) is 2.09. The van der Waals surface area contributed by atoms with Crippen LogP contribution >= 0.6 is 0 Å². The summed E-state index contributed by atoms with van der Waals surface area (Å²) in [6.45, 7) is 4.97. The molecule has 0 aliphatic heterocycles. The maximum Gasteiger partial charge on any atom is 0.259 e. The number of amides is 1. The van der Waals surface area contributed by atoms with Crippen LogP contribution in [0.3, 0.4) is 0 Å². The average molecular weight is 330 g/mol. The van der Waals surface area contributed by atoms with Gasteiger partial charge in [0.1, 0.15) is 5.75 Å².